The van der Waals surface area contributed by atoms with Crippen molar-refractivity contribution in [1.29, 1.82) is 0 Å². The van der Waals surface area contributed by atoms with Crippen molar-refractivity contribution in [3.05, 3.63) is 23.8 Å². The van der Waals surface area contributed by atoms with E-state index >= 15 is 0 Å². The van der Waals surface area contributed by atoms with Gasteiger partial charge in [-0.25, -0.2) is 0 Å². The number of carbonyl (C=O) groups is 2. The summed E-state index contributed by atoms with van der Waals surface area (Å²) in [6.45, 7) is 7.21. The van der Waals surface area contributed by atoms with Crippen molar-refractivity contribution < 1.29 is 14.3 Å². The second kappa shape index (κ2) is 9.42. The van der Waals surface area contributed by atoms with Crippen LogP contribution in [-0.4, -0.2) is 56.6 Å². The van der Waals surface area contributed by atoms with Gasteiger partial charge >= 0.3 is 0 Å². The molecule has 0 radical (unpaired) electrons. The molecule has 1 aromatic rings. The fraction of sp³-hybridized carbons (Fsp3) is 0.579. The molecule has 0 saturated carbocycles. The highest BCUT2D eigenvalue weighted by atomic mass is 16.5. The summed E-state index contributed by atoms with van der Waals surface area (Å²) >= 11 is 0. The van der Waals surface area contributed by atoms with E-state index in [9.17, 15) is 9.59 Å². The van der Waals surface area contributed by atoms with Crippen LogP contribution in [0.25, 0.3) is 0 Å². The van der Waals surface area contributed by atoms with Crippen molar-refractivity contribution in [3.8, 4) is 0 Å². The Balaban J connectivity index is 2.34. The van der Waals surface area contributed by atoms with E-state index in [2.05, 4.69) is 10.2 Å². The van der Waals surface area contributed by atoms with Gasteiger partial charge in [0.2, 0.25) is 5.91 Å². The minimum Gasteiger partial charge on any atom is -0.375 e. The molecular weight excluding hydrogens is 318 g/mol. The van der Waals surface area contributed by atoms with Gasteiger partial charge in [0.05, 0.1) is 5.56 Å². The first-order valence-corrected chi connectivity index (χ1v) is 9.07. The minimum atomic E-state index is -0.227. The van der Waals surface area contributed by atoms with E-state index in [1.165, 1.54) is 13.5 Å². The molecule has 6 heteroatoms. The van der Waals surface area contributed by atoms with Crippen LogP contribution in [0.1, 0.15) is 43.5 Å². The number of methoxy groups -OCH3 is 1. The van der Waals surface area contributed by atoms with Gasteiger partial charge in [0.15, 0.2) is 0 Å². The van der Waals surface area contributed by atoms with Gasteiger partial charge in [-0.3, -0.25) is 9.59 Å². The molecule has 138 valence electrons. The molecule has 0 unspecified atom stereocenters. The highest BCUT2D eigenvalue weighted by molar-refractivity contribution is 6.02. The van der Waals surface area contributed by atoms with Gasteiger partial charge in [-0.15, -0.1) is 0 Å². The van der Waals surface area contributed by atoms with Crippen LogP contribution >= 0.6 is 0 Å². The number of nitrogens with one attached hydrogen (secondary N) is 1. The molecule has 1 aliphatic heterocycles. The molecule has 1 aromatic carbocycles. The van der Waals surface area contributed by atoms with Gasteiger partial charge in [0, 0.05) is 44.7 Å². The van der Waals surface area contributed by atoms with Gasteiger partial charge in [0.1, 0.15) is 6.61 Å². The molecule has 0 aliphatic carbocycles. The number of amides is 2. The summed E-state index contributed by atoms with van der Waals surface area (Å²) in [5.41, 5.74) is 2.24. The first kappa shape index (κ1) is 19.2. The van der Waals surface area contributed by atoms with Crippen LogP contribution in [0.2, 0.25) is 0 Å². The molecular formula is C19H29N3O3. The van der Waals surface area contributed by atoms with E-state index in [0.29, 0.717) is 24.3 Å². The molecule has 1 aliphatic rings. The minimum absolute atomic E-state index is 0.00674. The van der Waals surface area contributed by atoms with Crippen LogP contribution in [0.3, 0.4) is 0 Å². The monoisotopic (exact) mass is 347 g/mol. The van der Waals surface area contributed by atoms with Gasteiger partial charge in [0.25, 0.3) is 5.91 Å². The summed E-state index contributed by atoms with van der Waals surface area (Å²) in [6, 6.07) is 5.60. The molecule has 0 atom stereocenters. The Morgan fingerprint density at radius 1 is 1.16 bits per heavy atom. The van der Waals surface area contributed by atoms with E-state index in [-0.39, 0.29) is 18.4 Å². The normalized spacial score (nSPS) is 14.3. The third-order valence-electron chi connectivity index (χ3n) is 4.53. The van der Waals surface area contributed by atoms with Crippen molar-refractivity contribution in [3.63, 3.8) is 0 Å². The highest BCUT2D eigenvalue weighted by Crippen LogP contribution is 2.28. The maximum absolute atomic E-state index is 13.0. The van der Waals surface area contributed by atoms with Crippen molar-refractivity contribution in [2.45, 2.75) is 33.1 Å². The van der Waals surface area contributed by atoms with E-state index in [0.717, 1.165) is 31.6 Å². The number of carbonyl (C=O) groups excluding carboxylic acids is 2. The number of hydrogen-bond acceptors (Lipinski definition) is 4. The van der Waals surface area contributed by atoms with Crippen LogP contribution < -0.4 is 10.2 Å². The Labute approximate surface area is 150 Å². The standard InChI is InChI=1S/C19H29N3O3/c1-4-21(5-2)19(24)16-13-15(20-18(23)14-25-3)9-10-17(16)22-11-7-6-8-12-22/h9-10,13H,4-8,11-12,14H2,1-3H3,(H,20,23). The molecule has 0 spiro atoms. The molecule has 25 heavy (non-hydrogen) atoms. The largest absolute Gasteiger partial charge is 0.375 e. The number of ether oxygens (including phenoxy) is 1. The van der Waals surface area contributed by atoms with Crippen molar-refractivity contribution >= 4 is 23.2 Å². The summed E-state index contributed by atoms with van der Waals surface area (Å²) in [5.74, 6) is -0.220. The third kappa shape index (κ3) is 4.95. The Morgan fingerprint density at radius 2 is 1.84 bits per heavy atom. The Morgan fingerprint density at radius 3 is 2.44 bits per heavy atom. The lowest BCUT2D eigenvalue weighted by Gasteiger charge is -2.31. The van der Waals surface area contributed by atoms with Crippen LogP contribution in [0.5, 0.6) is 0 Å². The molecule has 2 rings (SSSR count). The van der Waals surface area contributed by atoms with Gasteiger partial charge in [-0.1, -0.05) is 0 Å². The zero-order chi connectivity index (χ0) is 18.2. The lowest BCUT2D eigenvalue weighted by molar-refractivity contribution is -0.119. The second-order valence-electron chi connectivity index (χ2n) is 6.24. The lowest BCUT2D eigenvalue weighted by atomic mass is 10.1. The number of rotatable bonds is 7. The van der Waals surface area contributed by atoms with Crippen molar-refractivity contribution in [1.82, 2.24) is 4.90 Å². The van der Waals surface area contributed by atoms with E-state index in [1.54, 1.807) is 6.07 Å². The smallest absolute Gasteiger partial charge is 0.256 e. The van der Waals surface area contributed by atoms with Gasteiger partial charge in [-0.2, -0.15) is 0 Å². The molecule has 0 bridgehead atoms. The maximum Gasteiger partial charge on any atom is 0.256 e. The average molecular weight is 347 g/mol. The number of hydrogen-bond donors (Lipinski definition) is 1. The summed E-state index contributed by atoms with van der Waals surface area (Å²) < 4.78 is 4.85. The lowest BCUT2D eigenvalue weighted by Crippen LogP contribution is -2.35. The third-order valence-corrected chi connectivity index (χ3v) is 4.53. The van der Waals surface area contributed by atoms with Crippen LogP contribution in [0.15, 0.2) is 18.2 Å². The zero-order valence-corrected chi connectivity index (χ0v) is 15.5. The second-order valence-corrected chi connectivity index (χ2v) is 6.24. The number of benzene rings is 1. The van der Waals surface area contributed by atoms with E-state index in [1.807, 2.05) is 30.9 Å². The Kier molecular flexibility index (Phi) is 7.25. The predicted molar refractivity (Wildman–Crippen MR) is 100 cm³/mol. The first-order valence-electron chi connectivity index (χ1n) is 9.07. The zero-order valence-electron chi connectivity index (χ0n) is 15.5. The number of anilines is 2. The van der Waals surface area contributed by atoms with Crippen LogP contribution in [0.4, 0.5) is 11.4 Å². The average Bonchev–Trinajstić information content (AvgIpc) is 2.63. The SMILES string of the molecule is CCN(CC)C(=O)c1cc(NC(=O)COC)ccc1N1CCCCC1. The van der Waals surface area contributed by atoms with Crippen molar-refractivity contribution in [2.75, 3.05) is 50.1 Å². The fourth-order valence-corrected chi connectivity index (χ4v) is 3.20. The molecule has 1 N–H and O–H groups in total. The number of nitrogens with zero attached hydrogens (tertiary/aromatic N) is 2. The molecule has 6 nitrogen and oxygen atoms in total. The molecule has 2 amide bonds. The van der Waals surface area contributed by atoms with Crippen LogP contribution in [-0.2, 0) is 9.53 Å². The Hall–Kier alpha value is -2.08. The summed E-state index contributed by atoms with van der Waals surface area (Å²) in [4.78, 5) is 28.9. The summed E-state index contributed by atoms with van der Waals surface area (Å²) in [7, 11) is 1.48. The Bertz CT molecular complexity index is 594. The fourth-order valence-electron chi connectivity index (χ4n) is 3.20. The molecule has 1 saturated heterocycles. The highest BCUT2D eigenvalue weighted by Gasteiger charge is 2.22. The van der Waals surface area contributed by atoms with E-state index < -0.39 is 0 Å². The van der Waals surface area contributed by atoms with Crippen LogP contribution in [0, 0.1) is 0 Å². The van der Waals surface area contributed by atoms with Crippen molar-refractivity contribution in [2.24, 2.45) is 0 Å². The topological polar surface area (TPSA) is 61.9 Å². The first-order chi connectivity index (χ1) is 12.1. The quantitative estimate of drug-likeness (QED) is 0.824. The van der Waals surface area contributed by atoms with Gasteiger partial charge < -0.3 is 19.9 Å². The van der Waals surface area contributed by atoms with E-state index in [4.69, 9.17) is 4.74 Å². The summed E-state index contributed by atoms with van der Waals surface area (Å²) in [6.07, 6.45) is 3.53. The molecule has 1 heterocycles. The molecule has 0 aromatic heterocycles. The summed E-state index contributed by atoms with van der Waals surface area (Å²) in [5, 5.41) is 2.79. The predicted octanol–water partition coefficient (Wildman–Crippen LogP) is 2.74. The number of piperidine rings is 1. The molecule has 1 fully saturated rings. The van der Waals surface area contributed by atoms with Gasteiger partial charge in [-0.05, 0) is 51.3 Å². The maximum atomic E-state index is 13.0.